The zero-order chi connectivity index (χ0) is 17.1. The number of phenols is 1. The van der Waals surface area contributed by atoms with Crippen LogP contribution in [0.5, 0.6) is 11.5 Å². The van der Waals surface area contributed by atoms with Crippen molar-refractivity contribution in [2.75, 3.05) is 7.11 Å². The highest BCUT2D eigenvalue weighted by molar-refractivity contribution is 8.18. The molecule has 1 aliphatic heterocycles. The van der Waals surface area contributed by atoms with E-state index in [0.29, 0.717) is 32.1 Å². The van der Waals surface area contributed by atoms with Gasteiger partial charge in [0, 0.05) is 5.56 Å². The normalized spacial score (nSPS) is 17.3. The number of amidine groups is 1. The second-order valence-corrected chi connectivity index (χ2v) is 6.27. The summed E-state index contributed by atoms with van der Waals surface area (Å²) in [6.07, 6.45) is 1.59. The maximum atomic E-state index is 12.1. The van der Waals surface area contributed by atoms with Crippen LogP contribution in [0.3, 0.4) is 0 Å². The molecule has 2 aromatic rings. The molecular weight excluding hydrogens is 348 g/mol. The molecule has 1 saturated heterocycles. The number of carbonyl (C=O) groups excluding carboxylic acids is 1. The first-order valence-corrected chi connectivity index (χ1v) is 8.18. The number of phenolic OH excluding ortho intramolecular Hbond substituents is 1. The quantitative estimate of drug-likeness (QED) is 0.813. The van der Waals surface area contributed by atoms with Crippen LogP contribution in [0.4, 0.5) is 5.69 Å². The van der Waals surface area contributed by atoms with Crippen LogP contribution >= 0.6 is 23.4 Å². The number of benzene rings is 2. The van der Waals surface area contributed by atoms with E-state index in [0.717, 1.165) is 0 Å². The van der Waals surface area contributed by atoms with Gasteiger partial charge in [0.1, 0.15) is 0 Å². The molecule has 2 aromatic carbocycles. The molecule has 0 bridgehead atoms. The molecule has 0 atom stereocenters. The van der Waals surface area contributed by atoms with Crippen LogP contribution < -0.4 is 10.1 Å². The van der Waals surface area contributed by atoms with Gasteiger partial charge in [0.15, 0.2) is 16.7 Å². The van der Waals surface area contributed by atoms with E-state index in [9.17, 15) is 9.90 Å². The van der Waals surface area contributed by atoms with Crippen molar-refractivity contribution >= 4 is 46.2 Å². The summed E-state index contributed by atoms with van der Waals surface area (Å²) in [5.41, 5.74) is 1.07. The monoisotopic (exact) mass is 360 g/mol. The van der Waals surface area contributed by atoms with E-state index in [1.807, 2.05) is 12.1 Å². The Hall–Kier alpha value is -2.44. The van der Waals surface area contributed by atoms with E-state index in [-0.39, 0.29) is 11.7 Å². The predicted molar refractivity (Wildman–Crippen MR) is 96.9 cm³/mol. The van der Waals surface area contributed by atoms with E-state index >= 15 is 0 Å². The van der Waals surface area contributed by atoms with Crippen LogP contribution in [0.2, 0.25) is 5.02 Å². The molecule has 122 valence electrons. The average Bonchev–Trinajstić information content (AvgIpc) is 2.91. The molecule has 5 nitrogen and oxygen atoms in total. The minimum absolute atomic E-state index is 0.0163. The van der Waals surface area contributed by atoms with Crippen molar-refractivity contribution in [1.82, 2.24) is 5.32 Å². The van der Waals surface area contributed by atoms with E-state index in [1.54, 1.807) is 36.4 Å². The van der Waals surface area contributed by atoms with E-state index in [2.05, 4.69) is 10.3 Å². The highest BCUT2D eigenvalue weighted by atomic mass is 35.5. The summed E-state index contributed by atoms with van der Waals surface area (Å²) in [5.74, 6) is 0.0446. The van der Waals surface area contributed by atoms with Crippen LogP contribution in [-0.4, -0.2) is 23.3 Å². The van der Waals surface area contributed by atoms with Gasteiger partial charge >= 0.3 is 0 Å². The maximum Gasteiger partial charge on any atom is 0.264 e. The summed E-state index contributed by atoms with van der Waals surface area (Å²) in [5, 5.41) is 13.7. The number of hydrogen-bond acceptors (Lipinski definition) is 5. The molecule has 24 heavy (non-hydrogen) atoms. The number of halogens is 1. The fourth-order valence-electron chi connectivity index (χ4n) is 2.09. The summed E-state index contributed by atoms with van der Waals surface area (Å²) in [7, 11) is 1.47. The lowest BCUT2D eigenvalue weighted by Crippen LogP contribution is -2.19. The Balaban J connectivity index is 1.89. The molecule has 0 saturated carbocycles. The van der Waals surface area contributed by atoms with Gasteiger partial charge < -0.3 is 15.2 Å². The Labute approximate surface area is 148 Å². The van der Waals surface area contributed by atoms with Crippen LogP contribution in [0.25, 0.3) is 6.08 Å². The Morgan fingerprint density at radius 3 is 2.79 bits per heavy atom. The lowest BCUT2D eigenvalue weighted by Gasteiger charge is -2.05. The van der Waals surface area contributed by atoms with Crippen LogP contribution in [0.1, 0.15) is 5.56 Å². The Morgan fingerprint density at radius 2 is 2.04 bits per heavy atom. The number of carbonyl (C=O) groups is 1. The number of thioether (sulfide) groups is 1. The molecule has 0 aliphatic carbocycles. The molecule has 0 radical (unpaired) electrons. The van der Waals surface area contributed by atoms with Crippen LogP contribution in [-0.2, 0) is 4.79 Å². The fraction of sp³-hybridized carbons (Fsp3) is 0.0588. The second-order valence-electron chi connectivity index (χ2n) is 4.83. The van der Waals surface area contributed by atoms with E-state index < -0.39 is 0 Å². The highest BCUT2D eigenvalue weighted by Crippen LogP contribution is 2.35. The SMILES string of the molecule is COc1cccc(/C=C2\SC(=Nc3ccccc3Cl)NC2=O)c1O. The summed E-state index contributed by atoms with van der Waals surface area (Å²) in [4.78, 5) is 16.9. The van der Waals surface area contributed by atoms with Gasteiger partial charge in [-0.05, 0) is 36.0 Å². The van der Waals surface area contributed by atoms with Crippen molar-refractivity contribution in [3.63, 3.8) is 0 Å². The van der Waals surface area contributed by atoms with E-state index in [1.165, 1.54) is 18.9 Å². The van der Waals surface area contributed by atoms with Crippen LogP contribution in [0.15, 0.2) is 52.4 Å². The maximum absolute atomic E-state index is 12.1. The topological polar surface area (TPSA) is 70.9 Å². The van der Waals surface area contributed by atoms with Gasteiger partial charge in [0.05, 0.1) is 22.7 Å². The van der Waals surface area contributed by atoms with Gasteiger partial charge in [-0.15, -0.1) is 0 Å². The van der Waals surface area contributed by atoms with Gasteiger partial charge in [-0.1, -0.05) is 35.9 Å². The molecule has 3 rings (SSSR count). The number of para-hydroxylation sites is 2. The first-order valence-electron chi connectivity index (χ1n) is 6.98. The number of nitrogens with one attached hydrogen (secondary N) is 1. The molecule has 0 aromatic heterocycles. The Morgan fingerprint density at radius 1 is 1.25 bits per heavy atom. The van der Waals surface area contributed by atoms with Crippen molar-refractivity contribution in [1.29, 1.82) is 0 Å². The number of aromatic hydroxyl groups is 1. The number of nitrogens with zero attached hydrogens (tertiary/aromatic N) is 1. The molecule has 1 amide bonds. The Kier molecular flexibility index (Phi) is 4.78. The molecule has 7 heteroatoms. The largest absolute Gasteiger partial charge is 0.504 e. The lowest BCUT2D eigenvalue weighted by atomic mass is 10.1. The number of amides is 1. The third-order valence-electron chi connectivity index (χ3n) is 3.26. The van der Waals surface area contributed by atoms with Crippen molar-refractivity contribution < 1.29 is 14.6 Å². The first-order chi connectivity index (χ1) is 11.6. The summed E-state index contributed by atoms with van der Waals surface area (Å²) >= 11 is 7.25. The minimum atomic E-state index is -0.284. The number of rotatable bonds is 3. The molecule has 1 fully saturated rings. The predicted octanol–water partition coefficient (Wildman–Crippen LogP) is 3.95. The van der Waals surface area contributed by atoms with Gasteiger partial charge in [-0.3, -0.25) is 4.79 Å². The standard InChI is InChI=1S/C17H13ClN2O3S/c1-23-13-8-4-5-10(15(13)21)9-14-16(22)20-17(24-14)19-12-7-3-2-6-11(12)18/h2-9,21H,1H3,(H,19,20,22)/b14-9-. The van der Waals surface area contributed by atoms with Crippen molar-refractivity contribution in [3.05, 3.63) is 58.0 Å². The zero-order valence-corrected chi connectivity index (χ0v) is 14.2. The lowest BCUT2D eigenvalue weighted by molar-refractivity contribution is -0.115. The minimum Gasteiger partial charge on any atom is -0.504 e. The third-order valence-corrected chi connectivity index (χ3v) is 4.49. The highest BCUT2D eigenvalue weighted by Gasteiger charge is 2.24. The number of methoxy groups -OCH3 is 1. The second kappa shape index (κ2) is 6.98. The molecule has 1 aliphatic rings. The van der Waals surface area contributed by atoms with Gasteiger partial charge in [0.2, 0.25) is 0 Å². The van der Waals surface area contributed by atoms with Crippen molar-refractivity contribution in [2.24, 2.45) is 4.99 Å². The smallest absolute Gasteiger partial charge is 0.264 e. The molecule has 0 spiro atoms. The van der Waals surface area contributed by atoms with Gasteiger partial charge in [-0.2, -0.15) is 0 Å². The third kappa shape index (κ3) is 3.39. The summed E-state index contributed by atoms with van der Waals surface area (Å²) in [6.45, 7) is 0. The zero-order valence-electron chi connectivity index (χ0n) is 12.6. The molecule has 2 N–H and O–H groups in total. The Bertz CT molecular complexity index is 865. The van der Waals surface area contributed by atoms with Gasteiger partial charge in [-0.25, -0.2) is 4.99 Å². The first kappa shape index (κ1) is 16.4. The number of aliphatic imine (C=N–C) groups is 1. The molecular formula is C17H13ClN2O3S. The van der Waals surface area contributed by atoms with Gasteiger partial charge in [0.25, 0.3) is 5.91 Å². The molecule has 0 unspecified atom stereocenters. The van der Waals surface area contributed by atoms with Crippen molar-refractivity contribution in [3.8, 4) is 11.5 Å². The molecule has 1 heterocycles. The van der Waals surface area contributed by atoms with Crippen LogP contribution in [0, 0.1) is 0 Å². The average molecular weight is 361 g/mol. The fourth-order valence-corrected chi connectivity index (χ4v) is 3.10. The van der Waals surface area contributed by atoms with Crippen molar-refractivity contribution in [2.45, 2.75) is 0 Å². The van der Waals surface area contributed by atoms with E-state index in [4.69, 9.17) is 16.3 Å². The summed E-state index contributed by atoms with van der Waals surface area (Å²) in [6, 6.07) is 12.2. The summed E-state index contributed by atoms with van der Waals surface area (Å²) < 4.78 is 5.07. The number of hydrogen-bond donors (Lipinski definition) is 2. The number of ether oxygens (including phenoxy) is 1.